The Hall–Kier alpha value is -1.49. The van der Waals surface area contributed by atoms with Crippen LogP contribution in [-0.4, -0.2) is 16.9 Å². The Bertz CT molecular complexity index is 763. The number of hydrogen-bond acceptors (Lipinski definition) is 3. The van der Waals surface area contributed by atoms with E-state index in [2.05, 4.69) is 23.3 Å². The second-order valence-corrected chi connectivity index (χ2v) is 5.30. The molecule has 3 rings (SSSR count). The Morgan fingerprint density at radius 3 is 2.33 bits per heavy atom. The summed E-state index contributed by atoms with van der Waals surface area (Å²) in [6, 6.07) is 10.2. The van der Waals surface area contributed by atoms with Crippen LogP contribution in [0.1, 0.15) is 13.8 Å². The second kappa shape index (κ2) is 6.10. The smallest absolute Gasteiger partial charge is 0.119 e. The van der Waals surface area contributed by atoms with Gasteiger partial charge in [0.25, 0.3) is 0 Å². The molecule has 0 aliphatic rings. The third-order valence-corrected chi connectivity index (χ3v) is 3.30. The molecule has 0 unspecified atom stereocenters. The van der Waals surface area contributed by atoms with Crippen molar-refractivity contribution in [1.82, 2.24) is 9.78 Å². The fourth-order valence-electron chi connectivity index (χ4n) is 2.38. The lowest BCUT2D eigenvalue weighted by atomic mass is 10.1. The van der Waals surface area contributed by atoms with Gasteiger partial charge in [-0.2, -0.15) is 5.10 Å². The molecule has 1 heterocycles. The Labute approximate surface area is 136 Å². The van der Waals surface area contributed by atoms with Gasteiger partial charge in [0.2, 0.25) is 0 Å². The van der Waals surface area contributed by atoms with Crippen LogP contribution in [-0.2, 0) is 5.66 Å². The standard InChI is InChI=1S/C15H17N3O.2ClH/c1-15(2,16)18-14-11(9-17-18)5-4-10-6-7-12(19-3)8-13(10)14;;/h4-9H,16H2,1-3H3;2*1H. The summed E-state index contributed by atoms with van der Waals surface area (Å²) >= 11 is 0. The first-order chi connectivity index (χ1) is 9.00. The summed E-state index contributed by atoms with van der Waals surface area (Å²) in [5, 5.41) is 7.76. The molecule has 0 amide bonds. The van der Waals surface area contributed by atoms with Gasteiger partial charge in [-0.25, -0.2) is 4.68 Å². The quantitative estimate of drug-likeness (QED) is 0.780. The van der Waals surface area contributed by atoms with Crippen molar-refractivity contribution >= 4 is 46.5 Å². The predicted octanol–water partition coefficient (Wildman–Crippen LogP) is 3.69. The average Bonchev–Trinajstić information content (AvgIpc) is 2.82. The van der Waals surface area contributed by atoms with E-state index < -0.39 is 5.66 Å². The number of aromatic nitrogens is 2. The molecule has 2 aromatic carbocycles. The van der Waals surface area contributed by atoms with E-state index in [1.807, 2.05) is 36.9 Å². The van der Waals surface area contributed by atoms with Crippen molar-refractivity contribution in [2.75, 3.05) is 7.11 Å². The Balaban J connectivity index is 0.00000110. The summed E-state index contributed by atoms with van der Waals surface area (Å²) in [7, 11) is 1.67. The molecule has 114 valence electrons. The molecule has 0 aliphatic carbocycles. The van der Waals surface area contributed by atoms with Crippen LogP contribution in [0.3, 0.4) is 0 Å². The maximum atomic E-state index is 6.20. The third-order valence-electron chi connectivity index (χ3n) is 3.30. The van der Waals surface area contributed by atoms with Crippen molar-refractivity contribution in [1.29, 1.82) is 0 Å². The summed E-state index contributed by atoms with van der Waals surface area (Å²) in [6.45, 7) is 3.89. The van der Waals surface area contributed by atoms with E-state index in [0.29, 0.717) is 0 Å². The van der Waals surface area contributed by atoms with E-state index in [9.17, 15) is 0 Å². The van der Waals surface area contributed by atoms with Gasteiger partial charge in [0.1, 0.15) is 11.4 Å². The van der Waals surface area contributed by atoms with Gasteiger partial charge in [-0.15, -0.1) is 24.8 Å². The van der Waals surface area contributed by atoms with E-state index in [4.69, 9.17) is 10.5 Å². The number of rotatable bonds is 2. The van der Waals surface area contributed by atoms with Gasteiger partial charge in [0.15, 0.2) is 0 Å². The van der Waals surface area contributed by atoms with Crippen LogP contribution < -0.4 is 10.5 Å². The number of nitrogens with zero attached hydrogens (tertiary/aromatic N) is 2. The van der Waals surface area contributed by atoms with Crippen LogP contribution in [0.15, 0.2) is 36.5 Å². The SMILES string of the molecule is COc1ccc2ccc3cnn(C(C)(C)N)c3c2c1.Cl.Cl. The van der Waals surface area contributed by atoms with Gasteiger partial charge in [-0.1, -0.05) is 18.2 Å². The number of hydrogen-bond donors (Lipinski definition) is 1. The minimum atomic E-state index is -0.543. The van der Waals surface area contributed by atoms with Crippen LogP contribution >= 0.6 is 24.8 Å². The van der Waals surface area contributed by atoms with E-state index in [0.717, 1.165) is 27.4 Å². The highest BCUT2D eigenvalue weighted by Gasteiger charge is 2.18. The van der Waals surface area contributed by atoms with Crippen LogP contribution in [0.25, 0.3) is 21.7 Å². The highest BCUT2D eigenvalue weighted by molar-refractivity contribution is 6.06. The molecule has 0 atom stereocenters. The molecule has 0 aliphatic heterocycles. The molecule has 4 nitrogen and oxygen atoms in total. The number of halogens is 2. The maximum absolute atomic E-state index is 6.20. The van der Waals surface area contributed by atoms with Crippen molar-refractivity contribution in [3.63, 3.8) is 0 Å². The fourth-order valence-corrected chi connectivity index (χ4v) is 2.38. The molecule has 0 saturated heterocycles. The van der Waals surface area contributed by atoms with E-state index in [1.54, 1.807) is 7.11 Å². The maximum Gasteiger partial charge on any atom is 0.119 e. The zero-order valence-corrected chi connectivity index (χ0v) is 13.8. The topological polar surface area (TPSA) is 53.1 Å². The summed E-state index contributed by atoms with van der Waals surface area (Å²) in [6.07, 6.45) is 1.85. The Morgan fingerprint density at radius 1 is 1.10 bits per heavy atom. The number of methoxy groups -OCH3 is 1. The van der Waals surface area contributed by atoms with Crippen molar-refractivity contribution in [2.24, 2.45) is 5.73 Å². The van der Waals surface area contributed by atoms with Crippen LogP contribution in [0, 0.1) is 0 Å². The molecule has 0 fully saturated rings. The molecule has 1 aromatic heterocycles. The van der Waals surface area contributed by atoms with E-state index in [-0.39, 0.29) is 24.8 Å². The highest BCUT2D eigenvalue weighted by atomic mass is 35.5. The first-order valence-electron chi connectivity index (χ1n) is 6.24. The molecule has 6 heteroatoms. The molecular weight excluding hydrogens is 309 g/mol. The zero-order chi connectivity index (χ0) is 13.6. The number of nitrogens with two attached hydrogens (primary N) is 1. The molecule has 0 spiro atoms. The van der Waals surface area contributed by atoms with Gasteiger partial charge in [0, 0.05) is 10.8 Å². The molecule has 21 heavy (non-hydrogen) atoms. The Kier molecular flexibility index (Phi) is 5.10. The molecule has 0 saturated carbocycles. The first kappa shape index (κ1) is 17.6. The summed E-state index contributed by atoms with van der Waals surface area (Å²) < 4.78 is 7.18. The lowest BCUT2D eigenvalue weighted by Crippen LogP contribution is -2.37. The predicted molar refractivity (Wildman–Crippen MR) is 91.8 cm³/mol. The minimum Gasteiger partial charge on any atom is -0.497 e. The normalized spacial score (nSPS) is 11.0. The fraction of sp³-hybridized carbons (Fsp3) is 0.267. The molecule has 2 N–H and O–H groups in total. The van der Waals surface area contributed by atoms with Crippen molar-refractivity contribution in [3.8, 4) is 5.75 Å². The van der Waals surface area contributed by atoms with Crippen LogP contribution in [0.5, 0.6) is 5.75 Å². The monoisotopic (exact) mass is 327 g/mol. The van der Waals surface area contributed by atoms with E-state index >= 15 is 0 Å². The molecular formula is C15H19Cl2N3O. The summed E-state index contributed by atoms with van der Waals surface area (Å²) in [5.41, 5.74) is 6.70. The lowest BCUT2D eigenvalue weighted by Gasteiger charge is -2.21. The largest absolute Gasteiger partial charge is 0.497 e. The van der Waals surface area contributed by atoms with Gasteiger partial charge >= 0.3 is 0 Å². The lowest BCUT2D eigenvalue weighted by molar-refractivity contribution is 0.345. The summed E-state index contributed by atoms with van der Waals surface area (Å²) in [4.78, 5) is 0. The summed E-state index contributed by atoms with van der Waals surface area (Å²) in [5.74, 6) is 0.836. The Morgan fingerprint density at radius 2 is 1.71 bits per heavy atom. The zero-order valence-electron chi connectivity index (χ0n) is 12.2. The highest BCUT2D eigenvalue weighted by Crippen LogP contribution is 2.30. The van der Waals surface area contributed by atoms with Crippen molar-refractivity contribution in [3.05, 3.63) is 36.5 Å². The van der Waals surface area contributed by atoms with Crippen molar-refractivity contribution < 1.29 is 4.74 Å². The van der Waals surface area contributed by atoms with Gasteiger partial charge in [-0.05, 0) is 31.4 Å². The average molecular weight is 328 g/mol. The van der Waals surface area contributed by atoms with Gasteiger partial charge in [-0.3, -0.25) is 0 Å². The van der Waals surface area contributed by atoms with Crippen LogP contribution in [0.4, 0.5) is 0 Å². The number of fused-ring (bicyclic) bond motifs is 3. The van der Waals surface area contributed by atoms with Crippen molar-refractivity contribution in [2.45, 2.75) is 19.5 Å². The van der Waals surface area contributed by atoms with Gasteiger partial charge in [0.05, 0.1) is 18.8 Å². The second-order valence-electron chi connectivity index (χ2n) is 5.30. The van der Waals surface area contributed by atoms with E-state index in [1.165, 1.54) is 0 Å². The third kappa shape index (κ3) is 2.93. The minimum absolute atomic E-state index is 0. The molecule has 3 aromatic rings. The first-order valence-corrected chi connectivity index (χ1v) is 6.24. The molecule has 0 bridgehead atoms. The number of benzene rings is 2. The number of ether oxygens (including phenoxy) is 1. The van der Waals surface area contributed by atoms with Crippen LogP contribution in [0.2, 0.25) is 0 Å². The molecule has 0 radical (unpaired) electrons. The van der Waals surface area contributed by atoms with Gasteiger partial charge < -0.3 is 10.5 Å².